The molecule has 0 radical (unpaired) electrons. The third kappa shape index (κ3) is 6.95. The lowest BCUT2D eigenvalue weighted by Gasteiger charge is -2.19. The van der Waals surface area contributed by atoms with E-state index >= 15 is 0 Å². The van der Waals surface area contributed by atoms with Gasteiger partial charge in [-0.1, -0.05) is 18.3 Å². The van der Waals surface area contributed by atoms with Crippen molar-refractivity contribution in [2.24, 2.45) is 0 Å². The highest BCUT2D eigenvalue weighted by Gasteiger charge is 2.30. The van der Waals surface area contributed by atoms with Gasteiger partial charge in [0.05, 0.1) is 11.7 Å². The average Bonchev–Trinajstić information content (AvgIpc) is 2.24. The first-order chi connectivity index (χ1) is 7.84. The molecule has 0 rings (SSSR count). The van der Waals surface area contributed by atoms with Crippen LogP contribution in [0.25, 0.3) is 0 Å². The molecule has 0 aromatic rings. The van der Waals surface area contributed by atoms with Crippen LogP contribution in [0, 0.1) is 0 Å². The number of rotatable bonds is 9. The maximum absolute atomic E-state index is 11.9. The Kier molecular flexibility index (Phi) is 7.89. The summed E-state index contributed by atoms with van der Waals surface area (Å²) in [6.45, 7) is 1.71. The number of hydrogen-bond acceptors (Lipinski definition) is 6. The lowest BCUT2D eigenvalue weighted by Crippen LogP contribution is -2.34. The van der Waals surface area contributed by atoms with Crippen LogP contribution in [0.3, 0.4) is 0 Å². The summed E-state index contributed by atoms with van der Waals surface area (Å²) in [5, 5.41) is 19.6. The molecule has 10 heteroatoms. The summed E-state index contributed by atoms with van der Waals surface area (Å²) >= 11 is 0.979. The van der Waals surface area contributed by atoms with Crippen molar-refractivity contribution in [3.63, 3.8) is 0 Å². The Morgan fingerprint density at radius 2 is 2.00 bits per heavy atom. The topological polar surface area (TPSA) is 124 Å². The van der Waals surface area contributed by atoms with E-state index in [1.54, 1.807) is 6.92 Å². The Bertz CT molecular complexity index is 325. The Hall–Kier alpha value is -0.210. The molecule has 4 N–H and O–H groups in total. The van der Waals surface area contributed by atoms with Crippen LogP contribution in [0.1, 0.15) is 19.8 Å². The molecule has 0 aromatic heterocycles. The molecule has 0 aromatic carbocycles. The summed E-state index contributed by atoms with van der Waals surface area (Å²) < 4.78 is 20.8. The zero-order valence-corrected chi connectivity index (χ0v) is 11.6. The van der Waals surface area contributed by atoms with Crippen molar-refractivity contribution in [1.82, 2.24) is 5.09 Å². The summed E-state index contributed by atoms with van der Waals surface area (Å²) in [6.07, 6.45) is -0.545. The van der Waals surface area contributed by atoms with Gasteiger partial charge in [-0.15, -0.1) is 0 Å². The van der Waals surface area contributed by atoms with Crippen molar-refractivity contribution in [2.75, 3.05) is 5.75 Å². The Morgan fingerprint density at radius 3 is 2.35 bits per heavy atom. The quantitative estimate of drug-likeness (QED) is 0.373. The van der Waals surface area contributed by atoms with Crippen LogP contribution in [0.2, 0.25) is 0 Å². The predicted molar refractivity (Wildman–Crippen MR) is 67.4 cm³/mol. The van der Waals surface area contributed by atoms with E-state index in [-0.39, 0.29) is 24.5 Å². The van der Waals surface area contributed by atoms with Gasteiger partial charge in [-0.25, -0.2) is 5.09 Å². The molecular weight excluding hydrogens is 289 g/mol. The van der Waals surface area contributed by atoms with Crippen LogP contribution >= 0.6 is 28.7 Å². The lowest BCUT2D eigenvalue weighted by molar-refractivity contribution is -0.140. The summed E-state index contributed by atoms with van der Waals surface area (Å²) in [7, 11) is 0. The summed E-state index contributed by atoms with van der Waals surface area (Å²) in [6, 6.07) is -1.25. The van der Waals surface area contributed by atoms with Crippen LogP contribution in [0.15, 0.2) is 0 Å². The second-order valence-electron chi connectivity index (χ2n) is 2.95. The van der Waals surface area contributed by atoms with Crippen LogP contribution in [-0.4, -0.2) is 38.5 Å². The molecule has 0 aliphatic heterocycles. The van der Waals surface area contributed by atoms with E-state index in [1.165, 1.54) is 0 Å². The van der Waals surface area contributed by atoms with Gasteiger partial charge in [0.1, 0.15) is 6.04 Å². The fraction of sp³-hybridized carbons (Fsp3) is 0.714. The molecule has 0 heterocycles. The second kappa shape index (κ2) is 7.99. The smallest absolute Gasteiger partial charge is 0.321 e. The first kappa shape index (κ1) is 16.8. The monoisotopic (exact) mass is 303 g/mol. The van der Waals surface area contributed by atoms with E-state index in [0.717, 1.165) is 11.4 Å². The van der Waals surface area contributed by atoms with Gasteiger partial charge in [-0.05, 0) is 12.2 Å². The molecule has 0 saturated carbocycles. The van der Waals surface area contributed by atoms with Crippen LogP contribution in [0.5, 0.6) is 0 Å². The SMILES string of the molecule is CCSP(=O)(NC(CCC(=O)O)C(=O)O)SO. The largest absolute Gasteiger partial charge is 0.481 e. The van der Waals surface area contributed by atoms with Crippen molar-refractivity contribution in [3.05, 3.63) is 0 Å². The average molecular weight is 303 g/mol. The maximum Gasteiger partial charge on any atom is 0.321 e. The molecule has 7 nitrogen and oxygen atoms in total. The number of aliphatic carboxylic acids is 2. The number of carboxylic acid groups (broad SMARTS) is 2. The normalized spacial score (nSPS) is 16.1. The van der Waals surface area contributed by atoms with Gasteiger partial charge < -0.3 is 14.8 Å². The van der Waals surface area contributed by atoms with Gasteiger partial charge in [0.2, 0.25) is 0 Å². The van der Waals surface area contributed by atoms with Crippen molar-refractivity contribution < 1.29 is 28.9 Å². The molecule has 0 spiro atoms. The van der Waals surface area contributed by atoms with Crippen molar-refractivity contribution >= 4 is 40.7 Å². The first-order valence-electron chi connectivity index (χ1n) is 4.64. The van der Waals surface area contributed by atoms with E-state index in [0.29, 0.717) is 5.75 Å². The van der Waals surface area contributed by atoms with Gasteiger partial charge in [-0.2, -0.15) is 0 Å². The zero-order chi connectivity index (χ0) is 13.5. The van der Waals surface area contributed by atoms with E-state index in [1.807, 2.05) is 0 Å². The molecular formula is C7H14NO6PS2. The minimum atomic E-state index is -3.31. The molecule has 0 aliphatic carbocycles. The minimum Gasteiger partial charge on any atom is -0.481 e. The molecule has 0 saturated heterocycles. The van der Waals surface area contributed by atoms with Gasteiger partial charge >= 0.3 is 11.9 Å². The lowest BCUT2D eigenvalue weighted by atomic mass is 10.2. The molecule has 2 unspecified atom stereocenters. The standard InChI is InChI=1S/C7H14NO6PS2/c1-2-16-15(13,17-14)8-5(7(11)12)3-4-6(9)10/h5,14H,2-4H2,1H3,(H,8,13)(H,9,10)(H,11,12). The van der Waals surface area contributed by atoms with E-state index in [9.17, 15) is 14.2 Å². The minimum absolute atomic E-state index is 0.0734. The van der Waals surface area contributed by atoms with Gasteiger partial charge in [0.25, 0.3) is 5.70 Å². The van der Waals surface area contributed by atoms with Gasteiger partial charge in [-0.3, -0.25) is 14.2 Å². The molecule has 0 bridgehead atoms. The highest BCUT2D eigenvalue weighted by atomic mass is 33.1. The molecule has 100 valence electrons. The highest BCUT2D eigenvalue weighted by Crippen LogP contribution is 2.64. The van der Waals surface area contributed by atoms with Crippen LogP contribution in [0.4, 0.5) is 0 Å². The highest BCUT2D eigenvalue weighted by molar-refractivity contribution is 8.88. The van der Waals surface area contributed by atoms with E-state index in [2.05, 4.69) is 5.09 Å². The van der Waals surface area contributed by atoms with E-state index < -0.39 is 23.7 Å². The molecule has 0 fully saturated rings. The molecule has 0 amide bonds. The summed E-state index contributed by atoms with van der Waals surface area (Å²) in [4.78, 5) is 21.2. The van der Waals surface area contributed by atoms with E-state index in [4.69, 9.17) is 14.8 Å². The zero-order valence-electron chi connectivity index (χ0n) is 9.03. The fourth-order valence-corrected chi connectivity index (χ4v) is 5.75. The number of hydrogen-bond donors (Lipinski definition) is 4. The number of carboxylic acids is 2. The Morgan fingerprint density at radius 1 is 1.41 bits per heavy atom. The van der Waals surface area contributed by atoms with Gasteiger partial charge in [0, 0.05) is 6.42 Å². The molecule has 0 aliphatic rings. The third-order valence-electron chi connectivity index (χ3n) is 1.67. The van der Waals surface area contributed by atoms with Crippen LogP contribution < -0.4 is 5.09 Å². The van der Waals surface area contributed by atoms with Crippen molar-refractivity contribution in [3.8, 4) is 0 Å². The predicted octanol–water partition coefficient (Wildman–Crippen LogP) is 1.96. The Labute approximate surface area is 106 Å². The number of carbonyl (C=O) groups is 2. The second-order valence-corrected chi connectivity index (χ2v) is 10.2. The molecule has 17 heavy (non-hydrogen) atoms. The first-order valence-corrected chi connectivity index (χ1v) is 9.32. The Balaban J connectivity index is 4.56. The number of nitrogens with one attached hydrogen (secondary N) is 1. The molecule has 2 atom stereocenters. The maximum atomic E-state index is 11.9. The van der Waals surface area contributed by atoms with Crippen LogP contribution in [-0.2, 0) is 14.2 Å². The third-order valence-corrected chi connectivity index (χ3v) is 7.73. The van der Waals surface area contributed by atoms with Crippen molar-refractivity contribution in [1.29, 1.82) is 0 Å². The fourth-order valence-electron chi connectivity index (χ4n) is 0.956. The van der Waals surface area contributed by atoms with Crippen molar-refractivity contribution in [2.45, 2.75) is 25.8 Å². The summed E-state index contributed by atoms with van der Waals surface area (Å²) in [5.41, 5.74) is -3.31. The summed E-state index contributed by atoms with van der Waals surface area (Å²) in [5.74, 6) is -1.99. The van der Waals surface area contributed by atoms with Gasteiger partial charge in [0.15, 0.2) is 0 Å².